The molecule has 0 saturated carbocycles. The first-order valence-electron chi connectivity index (χ1n) is 16.4. The largest absolute Gasteiger partial charge is 0.444 e. The quantitative estimate of drug-likeness (QED) is 0.141. The van der Waals surface area contributed by atoms with E-state index in [1.54, 1.807) is 152 Å². The molecule has 0 spiro atoms. The molecule has 0 aliphatic carbocycles. The van der Waals surface area contributed by atoms with Gasteiger partial charge in [-0.05, 0) is 126 Å². The Kier molecular flexibility index (Phi) is 16.1. The molecule has 4 rings (SSSR count). The Morgan fingerprint density at radius 3 is 1.09 bits per heavy atom. The molecule has 12 heteroatoms. The van der Waals surface area contributed by atoms with Gasteiger partial charge in [-0.25, -0.2) is 9.59 Å². The van der Waals surface area contributed by atoms with Gasteiger partial charge in [0.25, 0.3) is 0 Å². The third-order valence-electron chi connectivity index (χ3n) is 7.83. The first-order valence-corrected chi connectivity index (χ1v) is 17.9. The SMILES string of the molecule is C.CC(C)(C)OC(=O)N[C@](C)(c1ccc(Cl)cc1)[C@@H](O)c1cccc(Cl)c1.CC(C)(C)OC(=O)N[C@](C)(c1ccc(Cl)cc1)[C@H](O)c1cccc(Cl)c1. The summed E-state index contributed by atoms with van der Waals surface area (Å²) in [5.74, 6) is 0. The fourth-order valence-corrected chi connectivity index (χ4v) is 5.89. The van der Waals surface area contributed by atoms with Crippen molar-refractivity contribution in [2.75, 3.05) is 0 Å². The summed E-state index contributed by atoms with van der Waals surface area (Å²) >= 11 is 24.1. The highest BCUT2D eigenvalue weighted by atomic mass is 35.5. The molecule has 0 fully saturated rings. The minimum absolute atomic E-state index is 0. The average Bonchev–Trinajstić information content (AvgIpc) is 3.03. The molecule has 53 heavy (non-hydrogen) atoms. The lowest BCUT2D eigenvalue weighted by atomic mass is 9.83. The van der Waals surface area contributed by atoms with Crippen molar-refractivity contribution >= 4 is 58.6 Å². The number of carbonyl (C=O) groups is 2. The summed E-state index contributed by atoms with van der Waals surface area (Å²) in [5, 5.41) is 29.9. The summed E-state index contributed by atoms with van der Waals surface area (Å²) in [5.41, 5.74) is -1.12. The van der Waals surface area contributed by atoms with Crippen molar-refractivity contribution in [1.29, 1.82) is 0 Å². The third kappa shape index (κ3) is 13.4. The monoisotopic (exact) mass is 806 g/mol. The van der Waals surface area contributed by atoms with Crippen LogP contribution in [0.4, 0.5) is 9.59 Å². The van der Waals surface area contributed by atoms with Gasteiger partial charge in [-0.2, -0.15) is 0 Å². The van der Waals surface area contributed by atoms with E-state index in [4.69, 9.17) is 55.9 Å². The Morgan fingerprint density at radius 2 is 0.830 bits per heavy atom. The van der Waals surface area contributed by atoms with Crippen molar-refractivity contribution in [3.05, 3.63) is 139 Å². The molecule has 0 unspecified atom stereocenters. The van der Waals surface area contributed by atoms with Crippen molar-refractivity contribution in [1.82, 2.24) is 10.6 Å². The summed E-state index contributed by atoms with van der Waals surface area (Å²) in [6, 6.07) is 27.6. The van der Waals surface area contributed by atoms with E-state index in [0.717, 1.165) is 0 Å². The molecule has 4 N–H and O–H groups in total. The van der Waals surface area contributed by atoms with Crippen LogP contribution in [-0.2, 0) is 20.6 Å². The Morgan fingerprint density at radius 1 is 0.528 bits per heavy atom. The molecular formula is C41H50Cl4N2O6. The van der Waals surface area contributed by atoms with E-state index in [1.807, 2.05) is 0 Å². The number of hydrogen-bond donors (Lipinski definition) is 4. The fraction of sp³-hybridized carbons (Fsp3) is 0.366. The Hall–Kier alpha value is -3.50. The minimum Gasteiger partial charge on any atom is -0.444 e. The van der Waals surface area contributed by atoms with Crippen LogP contribution in [0.1, 0.15) is 97.3 Å². The number of aliphatic hydroxyl groups excluding tert-OH is 2. The zero-order chi connectivity index (χ0) is 39.1. The first kappa shape index (κ1) is 45.7. The first-order chi connectivity index (χ1) is 24.0. The number of carbonyl (C=O) groups excluding carboxylic acids is 2. The smallest absolute Gasteiger partial charge is 0.408 e. The number of aliphatic hydroxyl groups is 2. The number of benzene rings is 4. The normalized spacial score (nSPS) is 14.8. The van der Waals surface area contributed by atoms with Crippen LogP contribution in [0.15, 0.2) is 97.1 Å². The minimum atomic E-state index is -1.16. The van der Waals surface area contributed by atoms with Crippen LogP contribution in [0.25, 0.3) is 0 Å². The predicted octanol–water partition coefficient (Wildman–Crippen LogP) is 11.6. The van der Waals surface area contributed by atoms with Gasteiger partial charge >= 0.3 is 12.2 Å². The lowest BCUT2D eigenvalue weighted by Gasteiger charge is -2.37. The van der Waals surface area contributed by atoms with Crippen molar-refractivity contribution < 1.29 is 29.3 Å². The van der Waals surface area contributed by atoms with Gasteiger partial charge in [0.05, 0.1) is 11.1 Å². The van der Waals surface area contributed by atoms with Crippen molar-refractivity contribution in [2.45, 2.75) is 97.3 Å². The van der Waals surface area contributed by atoms with Gasteiger partial charge in [0, 0.05) is 20.1 Å². The number of halogens is 4. The van der Waals surface area contributed by atoms with E-state index in [0.29, 0.717) is 42.3 Å². The van der Waals surface area contributed by atoms with Crippen molar-refractivity contribution in [3.8, 4) is 0 Å². The standard InChI is InChI=1S/2C20H23Cl2NO3.CH4/c2*1-19(2,3)26-18(25)23-20(4,14-8-10-15(21)11-9-14)17(24)13-6-5-7-16(22)12-13;/h2*5-12,17,24H,1-4H3,(H,23,25);1H4/t17-,20+;17-,20-;/m01./s1. The molecule has 0 radical (unpaired) electrons. The second-order valence-electron chi connectivity index (χ2n) is 14.6. The van der Waals surface area contributed by atoms with E-state index >= 15 is 0 Å². The van der Waals surface area contributed by atoms with Gasteiger partial charge in [-0.3, -0.25) is 0 Å². The number of ether oxygens (including phenoxy) is 2. The molecule has 8 nitrogen and oxygen atoms in total. The zero-order valence-electron chi connectivity index (χ0n) is 30.4. The molecule has 0 saturated heterocycles. The highest BCUT2D eigenvalue weighted by Gasteiger charge is 2.40. The number of nitrogens with one attached hydrogen (secondary N) is 2. The van der Waals surface area contributed by atoms with Crippen LogP contribution >= 0.6 is 46.4 Å². The van der Waals surface area contributed by atoms with Gasteiger partial charge < -0.3 is 30.3 Å². The second kappa shape index (κ2) is 18.7. The summed E-state index contributed by atoms with van der Waals surface area (Å²) < 4.78 is 10.8. The lowest BCUT2D eigenvalue weighted by Crippen LogP contribution is -2.49. The highest BCUT2D eigenvalue weighted by Crippen LogP contribution is 2.38. The summed E-state index contributed by atoms with van der Waals surface area (Å²) in [6.07, 6.45) is -3.38. The summed E-state index contributed by atoms with van der Waals surface area (Å²) in [7, 11) is 0. The maximum atomic E-state index is 12.4. The van der Waals surface area contributed by atoms with Crippen LogP contribution in [0.2, 0.25) is 20.1 Å². The van der Waals surface area contributed by atoms with Crippen LogP contribution in [0.5, 0.6) is 0 Å². The zero-order valence-corrected chi connectivity index (χ0v) is 33.5. The van der Waals surface area contributed by atoms with Gasteiger partial charge in [0.2, 0.25) is 0 Å². The molecule has 4 atom stereocenters. The van der Waals surface area contributed by atoms with Gasteiger partial charge in [-0.15, -0.1) is 0 Å². The van der Waals surface area contributed by atoms with Crippen LogP contribution < -0.4 is 10.6 Å². The van der Waals surface area contributed by atoms with E-state index in [2.05, 4.69) is 10.6 Å². The lowest BCUT2D eigenvalue weighted by molar-refractivity contribution is 0.0230. The Bertz CT molecular complexity index is 1680. The van der Waals surface area contributed by atoms with E-state index in [1.165, 1.54) is 0 Å². The van der Waals surface area contributed by atoms with Gasteiger partial charge in [-0.1, -0.05) is 102 Å². The highest BCUT2D eigenvalue weighted by molar-refractivity contribution is 6.31. The second-order valence-corrected chi connectivity index (χ2v) is 16.3. The van der Waals surface area contributed by atoms with Gasteiger partial charge in [0.1, 0.15) is 23.4 Å². The summed E-state index contributed by atoms with van der Waals surface area (Å²) in [6.45, 7) is 14.1. The molecule has 0 aromatic heterocycles. The molecule has 2 amide bonds. The van der Waals surface area contributed by atoms with E-state index < -0.39 is 46.7 Å². The number of alkyl carbamates (subject to hydrolysis) is 2. The van der Waals surface area contributed by atoms with Crippen molar-refractivity contribution in [3.63, 3.8) is 0 Å². The molecular weight excluding hydrogens is 758 g/mol. The molecule has 4 aromatic carbocycles. The van der Waals surface area contributed by atoms with Crippen LogP contribution in [0, 0.1) is 0 Å². The van der Waals surface area contributed by atoms with E-state index in [9.17, 15) is 19.8 Å². The maximum absolute atomic E-state index is 12.4. The molecule has 288 valence electrons. The van der Waals surface area contributed by atoms with Gasteiger partial charge in [0.15, 0.2) is 0 Å². The van der Waals surface area contributed by atoms with Crippen LogP contribution in [-0.4, -0.2) is 33.6 Å². The number of hydrogen-bond acceptors (Lipinski definition) is 6. The Labute approximate surface area is 333 Å². The predicted molar refractivity (Wildman–Crippen MR) is 216 cm³/mol. The molecule has 0 bridgehead atoms. The summed E-state index contributed by atoms with van der Waals surface area (Å²) in [4.78, 5) is 24.8. The molecule has 0 heterocycles. The Balaban J connectivity index is 0.000000360. The van der Waals surface area contributed by atoms with Crippen molar-refractivity contribution in [2.24, 2.45) is 0 Å². The number of rotatable bonds is 8. The number of amides is 2. The molecule has 0 aliphatic rings. The molecule has 0 aliphatic heterocycles. The topological polar surface area (TPSA) is 117 Å². The van der Waals surface area contributed by atoms with Crippen LogP contribution in [0.3, 0.4) is 0 Å². The average molecular weight is 809 g/mol. The maximum Gasteiger partial charge on any atom is 0.408 e. The van der Waals surface area contributed by atoms with E-state index in [-0.39, 0.29) is 7.43 Å². The fourth-order valence-electron chi connectivity index (χ4n) is 5.24. The molecule has 4 aromatic rings. The third-order valence-corrected chi connectivity index (χ3v) is 8.81.